The van der Waals surface area contributed by atoms with Crippen molar-refractivity contribution in [1.29, 1.82) is 0 Å². The Hall–Kier alpha value is -2.44. The Morgan fingerprint density at radius 2 is 2.00 bits per heavy atom. The number of imide groups is 1. The molecule has 1 unspecified atom stereocenters. The molecule has 1 spiro atoms. The average Bonchev–Trinajstić information content (AvgIpc) is 3.23. The zero-order chi connectivity index (χ0) is 20.6. The molecule has 7 heteroatoms. The van der Waals surface area contributed by atoms with Gasteiger partial charge >= 0.3 is 6.03 Å². The molecule has 0 aromatic heterocycles. The molecular formula is C22H28FN3O3. The molecule has 6 nitrogen and oxygen atoms in total. The van der Waals surface area contributed by atoms with Gasteiger partial charge in [0, 0.05) is 12.6 Å². The largest absolute Gasteiger partial charge is 0.338 e. The number of nitrogens with one attached hydrogen (secondary N) is 1. The van der Waals surface area contributed by atoms with Crippen LogP contribution >= 0.6 is 0 Å². The number of nitrogens with zero attached hydrogens (tertiary/aromatic N) is 2. The first-order chi connectivity index (χ1) is 13.9. The van der Waals surface area contributed by atoms with Crippen LogP contribution in [0, 0.1) is 11.7 Å². The van der Waals surface area contributed by atoms with Crippen LogP contribution < -0.4 is 5.32 Å². The first kappa shape index (κ1) is 19.9. The van der Waals surface area contributed by atoms with Crippen molar-refractivity contribution in [3.63, 3.8) is 0 Å². The van der Waals surface area contributed by atoms with Crippen LogP contribution in [0.25, 0.3) is 0 Å². The molecule has 1 atom stereocenters. The summed E-state index contributed by atoms with van der Waals surface area (Å²) < 4.78 is 13.5. The van der Waals surface area contributed by atoms with Crippen molar-refractivity contribution in [3.05, 3.63) is 35.6 Å². The van der Waals surface area contributed by atoms with E-state index in [9.17, 15) is 18.8 Å². The van der Waals surface area contributed by atoms with Crippen LogP contribution in [0.1, 0.15) is 51.0 Å². The predicted octanol–water partition coefficient (Wildman–Crippen LogP) is 2.86. The van der Waals surface area contributed by atoms with Gasteiger partial charge in [-0.1, -0.05) is 19.1 Å². The molecule has 156 valence electrons. The van der Waals surface area contributed by atoms with Gasteiger partial charge in [-0.15, -0.1) is 0 Å². The SMILES string of the molecule is CC1CCC2(CC1)NC(=O)N(CC(=O)N1CCCC1Cc1cccc(F)c1)C2=O. The molecule has 4 rings (SSSR count). The lowest BCUT2D eigenvalue weighted by molar-refractivity contribution is -0.140. The Morgan fingerprint density at radius 1 is 1.24 bits per heavy atom. The van der Waals surface area contributed by atoms with Crippen molar-refractivity contribution < 1.29 is 18.8 Å². The Labute approximate surface area is 170 Å². The third-order valence-electron chi connectivity index (χ3n) is 6.72. The van der Waals surface area contributed by atoms with E-state index in [1.54, 1.807) is 11.0 Å². The van der Waals surface area contributed by atoms with E-state index >= 15 is 0 Å². The molecular weight excluding hydrogens is 373 g/mol. The minimum absolute atomic E-state index is 0.0328. The van der Waals surface area contributed by atoms with Gasteiger partial charge in [0.15, 0.2) is 0 Å². The van der Waals surface area contributed by atoms with Crippen molar-refractivity contribution in [1.82, 2.24) is 15.1 Å². The maximum absolute atomic E-state index is 13.5. The highest BCUT2D eigenvalue weighted by atomic mass is 19.1. The topological polar surface area (TPSA) is 69.7 Å². The van der Waals surface area contributed by atoms with Gasteiger partial charge in [-0.3, -0.25) is 14.5 Å². The Kier molecular flexibility index (Phi) is 5.32. The molecule has 0 radical (unpaired) electrons. The van der Waals surface area contributed by atoms with Crippen LogP contribution in [0.5, 0.6) is 0 Å². The van der Waals surface area contributed by atoms with Crippen LogP contribution in [-0.2, 0) is 16.0 Å². The zero-order valence-electron chi connectivity index (χ0n) is 16.8. The summed E-state index contributed by atoms with van der Waals surface area (Å²) in [4.78, 5) is 41.3. The van der Waals surface area contributed by atoms with E-state index in [-0.39, 0.29) is 30.2 Å². The quantitative estimate of drug-likeness (QED) is 0.789. The van der Waals surface area contributed by atoms with Gasteiger partial charge in [0.1, 0.15) is 17.9 Å². The van der Waals surface area contributed by atoms with E-state index in [2.05, 4.69) is 12.2 Å². The van der Waals surface area contributed by atoms with E-state index in [1.807, 2.05) is 6.07 Å². The number of rotatable bonds is 4. The Bertz CT molecular complexity index is 819. The van der Waals surface area contributed by atoms with Gasteiger partial charge in [0.2, 0.25) is 5.91 Å². The summed E-state index contributed by atoms with van der Waals surface area (Å²) in [5, 5.41) is 2.87. The van der Waals surface area contributed by atoms with Crippen molar-refractivity contribution in [2.45, 2.75) is 63.5 Å². The van der Waals surface area contributed by atoms with Crippen LogP contribution in [0.15, 0.2) is 24.3 Å². The monoisotopic (exact) mass is 401 g/mol. The molecule has 1 saturated carbocycles. The summed E-state index contributed by atoms with van der Waals surface area (Å²) in [5.74, 6) is -0.212. The normalized spacial score (nSPS) is 29.6. The second-order valence-corrected chi connectivity index (χ2v) is 8.80. The molecule has 4 amide bonds. The number of benzene rings is 1. The number of amides is 4. The maximum atomic E-state index is 13.5. The highest BCUT2D eigenvalue weighted by Crippen LogP contribution is 2.36. The fraction of sp³-hybridized carbons (Fsp3) is 0.591. The van der Waals surface area contributed by atoms with Crippen LogP contribution in [0.4, 0.5) is 9.18 Å². The number of carbonyl (C=O) groups is 3. The third kappa shape index (κ3) is 3.87. The van der Waals surface area contributed by atoms with Crippen molar-refractivity contribution in [2.24, 2.45) is 5.92 Å². The summed E-state index contributed by atoms with van der Waals surface area (Å²) in [6.07, 6.45) is 5.35. The van der Waals surface area contributed by atoms with Crippen LogP contribution in [-0.4, -0.2) is 52.3 Å². The maximum Gasteiger partial charge on any atom is 0.325 e. The lowest BCUT2D eigenvalue weighted by atomic mass is 9.77. The number of urea groups is 1. The lowest BCUT2D eigenvalue weighted by Gasteiger charge is -2.33. The second kappa shape index (κ2) is 7.76. The smallest absolute Gasteiger partial charge is 0.325 e. The molecule has 29 heavy (non-hydrogen) atoms. The van der Waals surface area contributed by atoms with E-state index < -0.39 is 11.6 Å². The number of halogens is 1. The summed E-state index contributed by atoms with van der Waals surface area (Å²) in [7, 11) is 0. The van der Waals surface area contributed by atoms with Gasteiger partial charge < -0.3 is 10.2 Å². The van der Waals surface area contributed by atoms with Crippen LogP contribution in [0.3, 0.4) is 0 Å². The minimum atomic E-state index is -0.824. The first-order valence-electron chi connectivity index (χ1n) is 10.6. The Morgan fingerprint density at radius 3 is 2.72 bits per heavy atom. The molecule has 3 fully saturated rings. The Balaban J connectivity index is 1.41. The van der Waals surface area contributed by atoms with E-state index in [0.29, 0.717) is 31.7 Å². The minimum Gasteiger partial charge on any atom is -0.338 e. The average molecular weight is 401 g/mol. The predicted molar refractivity (Wildman–Crippen MR) is 105 cm³/mol. The van der Waals surface area contributed by atoms with Gasteiger partial charge in [-0.05, 0) is 68.6 Å². The zero-order valence-corrected chi connectivity index (χ0v) is 16.8. The van der Waals surface area contributed by atoms with Gasteiger partial charge in [0.05, 0.1) is 0 Å². The molecule has 1 aromatic carbocycles. The lowest BCUT2D eigenvalue weighted by Crippen LogP contribution is -2.50. The summed E-state index contributed by atoms with van der Waals surface area (Å²) in [6.45, 7) is 2.54. The molecule has 1 aliphatic carbocycles. The fourth-order valence-electron chi connectivity index (χ4n) is 4.95. The number of carbonyl (C=O) groups excluding carboxylic acids is 3. The van der Waals surface area contributed by atoms with Gasteiger partial charge in [-0.2, -0.15) is 0 Å². The van der Waals surface area contributed by atoms with Gasteiger partial charge in [-0.25, -0.2) is 9.18 Å². The number of likely N-dealkylation sites (tertiary alicyclic amines) is 1. The standard InChI is InChI=1S/C22H28FN3O3/c1-15-7-9-22(10-8-15)20(28)26(21(29)24-22)14-19(27)25-11-3-6-18(25)13-16-4-2-5-17(23)12-16/h2,4-5,12,15,18H,3,6-11,13-14H2,1H3,(H,24,29). The highest BCUT2D eigenvalue weighted by molar-refractivity contribution is 6.09. The van der Waals surface area contributed by atoms with Crippen molar-refractivity contribution in [2.75, 3.05) is 13.1 Å². The number of hydrogen-bond acceptors (Lipinski definition) is 3. The molecule has 1 aromatic rings. The van der Waals surface area contributed by atoms with Crippen LogP contribution in [0.2, 0.25) is 0 Å². The van der Waals surface area contributed by atoms with E-state index in [4.69, 9.17) is 0 Å². The second-order valence-electron chi connectivity index (χ2n) is 8.80. The summed E-state index contributed by atoms with van der Waals surface area (Å²) in [5.41, 5.74) is 0.0236. The molecule has 2 heterocycles. The van der Waals surface area contributed by atoms with Crippen molar-refractivity contribution in [3.8, 4) is 0 Å². The number of hydrogen-bond donors (Lipinski definition) is 1. The molecule has 1 N–H and O–H groups in total. The van der Waals surface area contributed by atoms with Crippen molar-refractivity contribution >= 4 is 17.8 Å². The van der Waals surface area contributed by atoms with Gasteiger partial charge in [0.25, 0.3) is 5.91 Å². The molecule has 3 aliphatic rings. The fourth-order valence-corrected chi connectivity index (χ4v) is 4.95. The molecule has 2 saturated heterocycles. The van der Waals surface area contributed by atoms with E-state index in [0.717, 1.165) is 36.1 Å². The first-order valence-corrected chi connectivity index (χ1v) is 10.6. The van der Waals surface area contributed by atoms with E-state index in [1.165, 1.54) is 12.1 Å². The molecule has 0 bridgehead atoms. The summed E-state index contributed by atoms with van der Waals surface area (Å²) in [6, 6.07) is 5.93. The molecule has 2 aliphatic heterocycles. The highest BCUT2D eigenvalue weighted by Gasteiger charge is 2.52. The summed E-state index contributed by atoms with van der Waals surface area (Å²) >= 11 is 0. The third-order valence-corrected chi connectivity index (χ3v) is 6.72.